The number of carbonyl (C=O) groups is 3. The van der Waals surface area contributed by atoms with E-state index >= 15 is 0 Å². The molecule has 5 rings (SSSR count). The molecule has 0 radical (unpaired) electrons. The first kappa shape index (κ1) is 60.2. The average Bonchev–Trinajstić information content (AvgIpc) is 3.82. The van der Waals surface area contributed by atoms with Crippen molar-refractivity contribution in [2.75, 3.05) is 0 Å². The molecule has 0 saturated carbocycles. The maximum Gasteiger partial charge on any atom is 2.00 e. The quantitative estimate of drug-likeness (QED) is 0.0124. The Hall–Kier alpha value is -6.91. The Labute approximate surface area is 433 Å². The van der Waals surface area contributed by atoms with Crippen LogP contribution in [0.4, 0.5) is 13.2 Å². The van der Waals surface area contributed by atoms with E-state index in [1.807, 2.05) is 57.2 Å². The topological polar surface area (TPSA) is 200 Å². The molecule has 372 valence electrons. The molecule has 5 aromatic heterocycles. The summed E-state index contributed by atoms with van der Waals surface area (Å²) in [6.45, 7) is 9.05. The van der Waals surface area contributed by atoms with Crippen molar-refractivity contribution < 1.29 is 61.2 Å². The molecule has 0 amide bonds. The molecule has 13 nitrogen and oxygen atoms in total. The zero-order valence-corrected chi connectivity index (χ0v) is 42.7. The number of thiocarbonyl (C=S) groups is 1. The number of alkyl halides is 3. The summed E-state index contributed by atoms with van der Waals surface area (Å²) in [5.74, 6) is 1.52. The number of hydrogen-bond acceptors (Lipinski definition) is 13. The van der Waals surface area contributed by atoms with E-state index in [2.05, 4.69) is 46.2 Å². The maximum absolute atomic E-state index is 12.4. The summed E-state index contributed by atoms with van der Waals surface area (Å²) < 4.78 is 52.5. The van der Waals surface area contributed by atoms with E-state index < -0.39 is 17.6 Å². The monoisotopic (exact) mass is 1090 g/mol. The molecule has 71 heavy (non-hydrogen) atoms. The van der Waals surface area contributed by atoms with Crippen molar-refractivity contribution in [3.05, 3.63) is 151 Å². The normalized spacial score (nSPS) is 11.7. The van der Waals surface area contributed by atoms with Crippen LogP contribution in [0.2, 0.25) is 0 Å². The van der Waals surface area contributed by atoms with E-state index in [4.69, 9.17) is 35.7 Å². The number of halogens is 3. The maximum atomic E-state index is 12.4. The molecule has 0 fully saturated rings. The first-order valence-electron chi connectivity index (χ1n) is 21.9. The minimum Gasteiger partial charge on any atom is -0.753 e. The molecule has 0 unspecified atom stereocenters. The second kappa shape index (κ2) is 32.8. The molecule has 0 aliphatic heterocycles. The van der Waals surface area contributed by atoms with Gasteiger partial charge in [0.1, 0.15) is 23.0 Å². The number of hydrogen-bond donors (Lipinski definition) is 1. The Morgan fingerprint density at radius 3 is 1.66 bits per heavy atom. The predicted molar refractivity (Wildman–Crippen MR) is 274 cm³/mol. The molecule has 0 aliphatic carbocycles. The van der Waals surface area contributed by atoms with E-state index in [-0.39, 0.29) is 25.2 Å². The molecule has 0 saturated heterocycles. The van der Waals surface area contributed by atoms with Crippen molar-refractivity contribution in [3.63, 3.8) is 0 Å². The summed E-state index contributed by atoms with van der Waals surface area (Å²) in [4.78, 5) is 52.8. The van der Waals surface area contributed by atoms with E-state index in [9.17, 15) is 27.6 Å². The number of ether oxygens (including phenoxy) is 3. The minimum absolute atomic E-state index is 0. The first-order chi connectivity index (χ1) is 33.7. The second-order valence-corrected chi connectivity index (χ2v) is 16.0. The van der Waals surface area contributed by atoms with Gasteiger partial charge < -0.3 is 25.4 Å². The molecule has 0 spiro atoms. The summed E-state index contributed by atoms with van der Waals surface area (Å²) in [5.41, 5.74) is 11.2. The van der Waals surface area contributed by atoms with Crippen molar-refractivity contribution in [1.29, 1.82) is 5.41 Å². The van der Waals surface area contributed by atoms with Gasteiger partial charge in [0.2, 0.25) is 0 Å². The van der Waals surface area contributed by atoms with E-state index in [0.717, 1.165) is 33.6 Å². The number of unbranched alkanes of at least 4 members (excludes halogenated alkanes) is 3. The molecule has 19 heteroatoms. The molecule has 5 heterocycles. The molecular formula is C52H52F3N7O6RuS2. The average molecular weight is 1090 g/mol. The van der Waals surface area contributed by atoms with Crippen LogP contribution in [0.25, 0.3) is 70.0 Å². The third kappa shape index (κ3) is 21.7. The minimum atomic E-state index is -4.77. The van der Waals surface area contributed by atoms with Gasteiger partial charge in [-0.2, -0.15) is 18.3 Å². The first-order valence-corrected chi connectivity index (χ1v) is 23.2. The van der Waals surface area contributed by atoms with Gasteiger partial charge in [-0.05, 0) is 126 Å². The summed E-state index contributed by atoms with van der Waals surface area (Å²) in [7, 11) is 0. The number of rotatable bonds is 23. The largest absolute Gasteiger partial charge is 2.00 e. The Balaban J connectivity index is 0.000000476. The van der Waals surface area contributed by atoms with Gasteiger partial charge in [0.15, 0.2) is 0 Å². The number of aryl methyl sites for hydroxylation is 1. The fraction of sp³-hybridized carbons (Fsp3) is 0.250. The van der Waals surface area contributed by atoms with Gasteiger partial charge >= 0.3 is 25.7 Å². The van der Waals surface area contributed by atoms with E-state index in [1.54, 1.807) is 60.2 Å². The van der Waals surface area contributed by atoms with Gasteiger partial charge in [-0.3, -0.25) is 34.7 Å². The van der Waals surface area contributed by atoms with Crippen LogP contribution in [0, 0.1) is 5.41 Å². The van der Waals surface area contributed by atoms with Crippen LogP contribution in [0.3, 0.4) is 0 Å². The number of pyridine rings is 4. The number of isothiocyanates is 1. The number of allylic oxidation sites excluding steroid dienone is 4. The Bertz CT molecular complexity index is 2640. The van der Waals surface area contributed by atoms with Crippen LogP contribution in [0.1, 0.15) is 110 Å². The third-order valence-electron chi connectivity index (χ3n) is 9.62. The Morgan fingerprint density at radius 1 is 0.704 bits per heavy atom. The van der Waals surface area contributed by atoms with Gasteiger partial charge in [0.25, 0.3) is 19.4 Å². The Kier molecular flexibility index (Phi) is 27.8. The number of nitrogens with one attached hydrogen (secondary N) is 2. The summed E-state index contributed by atoms with van der Waals surface area (Å²) in [6, 6.07) is 18.4. The fourth-order valence-electron chi connectivity index (χ4n) is 6.17. The number of carbonyl (C=O) groups excluding carboxylic acids is 3. The number of thiophene rings is 1. The van der Waals surface area contributed by atoms with Crippen LogP contribution in [-0.4, -0.2) is 56.4 Å². The summed E-state index contributed by atoms with van der Waals surface area (Å²) in [6.07, 6.45) is 17.1. The van der Waals surface area contributed by atoms with Gasteiger partial charge in [0.05, 0.1) is 22.8 Å². The SMILES string of the molecule is CC/C(=C\c1ccnc(-c2cc(/C=C(\CC)OC=O)cc(-c3cc(/C=C(\CC)OC=O)ccn3)n2)c1)OC=O.CCCCCCc1ccc(/C=C/c2ccnc(/C([NH-])=C/C(=N)C(F)(F)F)c2)s1.[N-]=C=S.[Ru+2]. The van der Waals surface area contributed by atoms with Crippen LogP contribution in [0.5, 0.6) is 0 Å². The van der Waals surface area contributed by atoms with E-state index in [0.29, 0.717) is 84.8 Å². The predicted octanol–water partition coefficient (Wildman–Crippen LogP) is 14.0. The molecule has 0 aliphatic rings. The molecule has 5 aromatic rings. The molecule has 2 N–H and O–H groups in total. The van der Waals surface area contributed by atoms with E-state index in [1.165, 1.54) is 48.0 Å². The van der Waals surface area contributed by atoms with Gasteiger partial charge in [-0.25, -0.2) is 4.98 Å². The number of nitrogens with zero attached hydrogens (tertiary/aromatic N) is 5. The zero-order chi connectivity index (χ0) is 51.3. The molecular weight excluding hydrogens is 1040 g/mol. The van der Waals surface area contributed by atoms with Crippen molar-refractivity contribution in [2.24, 2.45) is 0 Å². The van der Waals surface area contributed by atoms with Crippen molar-refractivity contribution in [2.45, 2.75) is 85.2 Å². The molecule has 0 bridgehead atoms. The van der Waals surface area contributed by atoms with Crippen molar-refractivity contribution >= 4 is 89.9 Å². The van der Waals surface area contributed by atoms with Crippen molar-refractivity contribution in [1.82, 2.24) is 19.9 Å². The van der Waals surface area contributed by atoms with Crippen LogP contribution in [-0.2, 0) is 54.5 Å². The van der Waals surface area contributed by atoms with Crippen LogP contribution < -0.4 is 0 Å². The molecule has 0 aromatic carbocycles. The van der Waals surface area contributed by atoms with Gasteiger partial charge in [-0.15, -0.1) is 17.0 Å². The number of aromatic nitrogens is 4. The zero-order valence-electron chi connectivity index (χ0n) is 39.3. The smallest absolute Gasteiger partial charge is 0.753 e. The summed E-state index contributed by atoms with van der Waals surface area (Å²) >= 11 is 5.43. The third-order valence-corrected chi connectivity index (χ3v) is 10.7. The van der Waals surface area contributed by atoms with Crippen LogP contribution >= 0.6 is 23.6 Å². The van der Waals surface area contributed by atoms with Gasteiger partial charge in [-0.1, -0.05) is 65.3 Å². The van der Waals surface area contributed by atoms with Crippen LogP contribution in [0.15, 0.2) is 103 Å². The Morgan fingerprint density at radius 2 is 1.18 bits per heavy atom. The molecule has 0 atom stereocenters. The standard InChI is InChI=1S/C30H29N3O6.C21H23F3N3S.CNS.Ru/c1-4-24(37-18-34)11-21-7-9-31-27(14-21)29-16-23(13-26(6-3)39-20-36)17-30(33-29)28-15-22(8-10-32-28)12-25(5-2)38-19-35;1-2-3-4-5-6-16-9-10-17(28-16)8-7-15-11-12-27-19(13-15)18(25)14-20(26)21(22,23)24;2-1-3;/h7-20H,4-6H2,1-3H3;7-14,25-26H,2-6H2,1H3;;/q;2*-1;+2/b24-11+,25-12+,26-13+;8-7+,18-14-,26-20?;;. The van der Waals surface area contributed by atoms with Crippen molar-refractivity contribution in [3.8, 4) is 22.8 Å². The summed E-state index contributed by atoms with van der Waals surface area (Å²) in [5, 5.41) is 15.4. The van der Waals surface area contributed by atoms with Gasteiger partial charge in [0, 0.05) is 53.3 Å². The second-order valence-electron chi connectivity index (χ2n) is 14.6. The fourth-order valence-corrected chi connectivity index (χ4v) is 7.13.